The lowest BCUT2D eigenvalue weighted by Crippen LogP contribution is -2.62. The minimum atomic E-state index is -0.751. The molecule has 0 radical (unpaired) electrons. The SMILES string of the molecule is CCC1(CC)NC(=O)CCN(C2(C)CCOC2C)C1=O. The Morgan fingerprint density at radius 3 is 2.50 bits per heavy atom. The smallest absolute Gasteiger partial charge is 0.248 e. The van der Waals surface area contributed by atoms with Crippen LogP contribution < -0.4 is 5.32 Å². The van der Waals surface area contributed by atoms with E-state index in [9.17, 15) is 9.59 Å². The molecule has 0 saturated carbocycles. The molecule has 2 heterocycles. The zero-order valence-electron chi connectivity index (χ0n) is 13.0. The van der Waals surface area contributed by atoms with Crippen LogP contribution in [-0.2, 0) is 14.3 Å². The maximum absolute atomic E-state index is 13.1. The number of hydrogen-bond donors (Lipinski definition) is 1. The third kappa shape index (κ3) is 2.22. The largest absolute Gasteiger partial charge is 0.376 e. The first-order chi connectivity index (χ1) is 9.39. The van der Waals surface area contributed by atoms with Crippen molar-refractivity contribution in [3.63, 3.8) is 0 Å². The predicted molar refractivity (Wildman–Crippen MR) is 76.2 cm³/mol. The Labute approximate surface area is 121 Å². The van der Waals surface area contributed by atoms with E-state index in [0.717, 1.165) is 6.42 Å². The molecule has 1 N–H and O–H groups in total. The van der Waals surface area contributed by atoms with Gasteiger partial charge in [0.1, 0.15) is 5.54 Å². The second-order valence-electron chi connectivity index (χ2n) is 6.16. The normalized spacial score (nSPS) is 34.0. The van der Waals surface area contributed by atoms with Crippen molar-refractivity contribution in [3.8, 4) is 0 Å². The minimum absolute atomic E-state index is 0.00562. The number of amides is 2. The van der Waals surface area contributed by atoms with Crippen LogP contribution in [0.2, 0.25) is 0 Å². The Morgan fingerprint density at radius 2 is 2.00 bits per heavy atom. The molecule has 2 saturated heterocycles. The second kappa shape index (κ2) is 5.35. The molecular formula is C15H26N2O3. The highest BCUT2D eigenvalue weighted by Gasteiger charge is 2.51. The number of rotatable bonds is 3. The Balaban J connectivity index is 2.38. The van der Waals surface area contributed by atoms with E-state index in [1.165, 1.54) is 0 Å². The first kappa shape index (κ1) is 15.3. The molecule has 5 heteroatoms. The monoisotopic (exact) mass is 282 g/mol. The molecule has 2 aliphatic rings. The lowest BCUT2D eigenvalue weighted by molar-refractivity contribution is -0.146. The van der Waals surface area contributed by atoms with Crippen LogP contribution in [0, 0.1) is 0 Å². The second-order valence-corrected chi connectivity index (χ2v) is 6.16. The van der Waals surface area contributed by atoms with E-state index in [4.69, 9.17) is 4.74 Å². The van der Waals surface area contributed by atoms with E-state index in [0.29, 0.717) is 32.4 Å². The number of nitrogens with zero attached hydrogens (tertiary/aromatic N) is 1. The van der Waals surface area contributed by atoms with E-state index in [1.54, 1.807) is 0 Å². The van der Waals surface area contributed by atoms with Crippen LogP contribution in [0.1, 0.15) is 53.4 Å². The molecule has 2 atom stereocenters. The van der Waals surface area contributed by atoms with Gasteiger partial charge in [-0.15, -0.1) is 0 Å². The Morgan fingerprint density at radius 1 is 1.35 bits per heavy atom. The lowest BCUT2D eigenvalue weighted by Gasteiger charge is -2.44. The molecule has 2 unspecified atom stereocenters. The van der Waals surface area contributed by atoms with Crippen LogP contribution in [0.3, 0.4) is 0 Å². The van der Waals surface area contributed by atoms with Gasteiger partial charge in [0, 0.05) is 19.6 Å². The summed E-state index contributed by atoms with van der Waals surface area (Å²) in [5.41, 5.74) is -1.06. The van der Waals surface area contributed by atoms with Gasteiger partial charge in [-0.3, -0.25) is 9.59 Å². The molecule has 20 heavy (non-hydrogen) atoms. The van der Waals surface area contributed by atoms with Gasteiger partial charge < -0.3 is 15.0 Å². The molecule has 2 aliphatic heterocycles. The summed E-state index contributed by atoms with van der Waals surface area (Å²) in [5, 5.41) is 2.96. The summed E-state index contributed by atoms with van der Waals surface area (Å²) in [7, 11) is 0. The van der Waals surface area contributed by atoms with Gasteiger partial charge in [0.15, 0.2) is 0 Å². The van der Waals surface area contributed by atoms with Crippen LogP contribution in [-0.4, -0.2) is 47.0 Å². The summed E-state index contributed by atoms with van der Waals surface area (Å²) in [6.45, 7) is 9.17. The number of carbonyl (C=O) groups excluding carboxylic acids is 2. The van der Waals surface area contributed by atoms with E-state index < -0.39 is 5.54 Å². The van der Waals surface area contributed by atoms with Crippen molar-refractivity contribution in [3.05, 3.63) is 0 Å². The average molecular weight is 282 g/mol. The van der Waals surface area contributed by atoms with E-state index in [2.05, 4.69) is 12.2 Å². The highest BCUT2D eigenvalue weighted by Crippen LogP contribution is 2.35. The third-order valence-corrected chi connectivity index (χ3v) is 5.27. The molecule has 0 bridgehead atoms. The number of ether oxygens (including phenoxy) is 1. The number of nitrogens with one attached hydrogen (secondary N) is 1. The van der Waals surface area contributed by atoms with Crippen LogP contribution >= 0.6 is 0 Å². The van der Waals surface area contributed by atoms with Gasteiger partial charge in [-0.05, 0) is 33.1 Å². The van der Waals surface area contributed by atoms with Crippen molar-refractivity contribution < 1.29 is 14.3 Å². The molecule has 0 spiro atoms. The van der Waals surface area contributed by atoms with Crippen LogP contribution in [0.15, 0.2) is 0 Å². The predicted octanol–water partition coefficient (Wildman–Crippen LogP) is 1.46. The standard InChI is InChI=1S/C15H26N2O3/c1-5-15(6-2)13(19)17(9-7-12(18)16-15)14(4)8-10-20-11(14)3/h11H,5-10H2,1-4H3,(H,16,18). The summed E-state index contributed by atoms with van der Waals surface area (Å²) in [6.07, 6.45) is 2.45. The van der Waals surface area contributed by atoms with Crippen molar-refractivity contribution >= 4 is 11.8 Å². The third-order valence-electron chi connectivity index (χ3n) is 5.27. The van der Waals surface area contributed by atoms with Gasteiger partial charge in [0.2, 0.25) is 11.8 Å². The molecule has 0 aromatic carbocycles. The van der Waals surface area contributed by atoms with Crippen molar-refractivity contribution in [2.75, 3.05) is 13.2 Å². The Hall–Kier alpha value is -1.10. The van der Waals surface area contributed by atoms with Crippen molar-refractivity contribution in [1.82, 2.24) is 10.2 Å². The highest BCUT2D eigenvalue weighted by molar-refractivity contribution is 5.94. The maximum atomic E-state index is 13.1. The molecular weight excluding hydrogens is 256 g/mol. The number of carbonyl (C=O) groups is 2. The highest BCUT2D eigenvalue weighted by atomic mass is 16.5. The summed E-state index contributed by atoms with van der Waals surface area (Å²) in [4.78, 5) is 27.0. The molecule has 2 rings (SSSR count). The summed E-state index contributed by atoms with van der Waals surface area (Å²) in [6, 6.07) is 0. The van der Waals surface area contributed by atoms with Crippen molar-refractivity contribution in [2.45, 2.75) is 70.6 Å². The molecule has 2 amide bonds. The fraction of sp³-hybridized carbons (Fsp3) is 0.867. The van der Waals surface area contributed by atoms with Gasteiger partial charge in [-0.1, -0.05) is 13.8 Å². The Bertz CT molecular complexity index is 406. The Kier molecular flexibility index (Phi) is 4.09. The summed E-state index contributed by atoms with van der Waals surface area (Å²) >= 11 is 0. The van der Waals surface area contributed by atoms with Crippen molar-refractivity contribution in [2.24, 2.45) is 0 Å². The van der Waals surface area contributed by atoms with E-state index in [-0.39, 0.29) is 23.5 Å². The van der Waals surface area contributed by atoms with Gasteiger partial charge in [-0.2, -0.15) is 0 Å². The van der Waals surface area contributed by atoms with E-state index >= 15 is 0 Å². The molecule has 114 valence electrons. The molecule has 0 aliphatic carbocycles. The van der Waals surface area contributed by atoms with Crippen LogP contribution in [0.4, 0.5) is 0 Å². The lowest BCUT2D eigenvalue weighted by atomic mass is 9.86. The van der Waals surface area contributed by atoms with E-state index in [1.807, 2.05) is 25.7 Å². The molecule has 0 aromatic rings. The van der Waals surface area contributed by atoms with Crippen LogP contribution in [0.5, 0.6) is 0 Å². The zero-order chi connectivity index (χ0) is 15.0. The summed E-state index contributed by atoms with van der Waals surface area (Å²) < 4.78 is 5.67. The quantitative estimate of drug-likeness (QED) is 0.852. The van der Waals surface area contributed by atoms with Gasteiger partial charge in [0.05, 0.1) is 11.6 Å². The van der Waals surface area contributed by atoms with Gasteiger partial charge in [0.25, 0.3) is 0 Å². The maximum Gasteiger partial charge on any atom is 0.248 e. The van der Waals surface area contributed by atoms with Gasteiger partial charge >= 0.3 is 0 Å². The minimum Gasteiger partial charge on any atom is -0.376 e. The fourth-order valence-electron chi connectivity index (χ4n) is 3.35. The van der Waals surface area contributed by atoms with Crippen molar-refractivity contribution in [1.29, 1.82) is 0 Å². The first-order valence-corrected chi connectivity index (χ1v) is 7.64. The number of hydrogen-bond acceptors (Lipinski definition) is 3. The zero-order valence-corrected chi connectivity index (χ0v) is 13.0. The van der Waals surface area contributed by atoms with Gasteiger partial charge in [-0.25, -0.2) is 0 Å². The molecule has 2 fully saturated rings. The topological polar surface area (TPSA) is 58.6 Å². The summed E-state index contributed by atoms with van der Waals surface area (Å²) in [5.74, 6) is 0.0212. The fourth-order valence-corrected chi connectivity index (χ4v) is 3.35. The first-order valence-electron chi connectivity index (χ1n) is 7.64. The average Bonchev–Trinajstić information content (AvgIpc) is 2.69. The molecule has 5 nitrogen and oxygen atoms in total. The molecule has 0 aromatic heterocycles. The van der Waals surface area contributed by atoms with Crippen LogP contribution in [0.25, 0.3) is 0 Å².